The minimum absolute atomic E-state index is 0.0229. The van der Waals surface area contributed by atoms with E-state index in [1.165, 1.54) is 6.07 Å². The molecule has 1 saturated heterocycles. The van der Waals surface area contributed by atoms with Gasteiger partial charge in [0.2, 0.25) is 5.91 Å². The zero-order valence-electron chi connectivity index (χ0n) is 17.9. The summed E-state index contributed by atoms with van der Waals surface area (Å²) in [7, 11) is 0. The predicted molar refractivity (Wildman–Crippen MR) is 120 cm³/mol. The molecule has 3 rings (SSSR count). The van der Waals surface area contributed by atoms with Gasteiger partial charge in [-0.15, -0.1) is 0 Å². The number of piperidine rings is 1. The number of carbonyl (C=O) groups excluding carboxylic acids is 2. The van der Waals surface area contributed by atoms with Crippen LogP contribution in [0.4, 0.5) is 17.1 Å². The zero-order chi connectivity index (χ0) is 22.4. The lowest BCUT2D eigenvalue weighted by Crippen LogP contribution is -2.38. The number of para-hydroxylation sites is 2. The first-order valence-electron chi connectivity index (χ1n) is 10.6. The number of carbonyl (C=O) groups is 2. The van der Waals surface area contributed by atoms with Crippen LogP contribution in [0.15, 0.2) is 48.5 Å². The van der Waals surface area contributed by atoms with Gasteiger partial charge in [0.05, 0.1) is 4.92 Å². The van der Waals surface area contributed by atoms with Gasteiger partial charge >= 0.3 is 0 Å². The number of nitro benzene ring substituents is 1. The Morgan fingerprint density at radius 2 is 1.68 bits per heavy atom. The second-order valence-corrected chi connectivity index (χ2v) is 7.55. The summed E-state index contributed by atoms with van der Waals surface area (Å²) in [5, 5.41) is 14.2. The second-order valence-electron chi connectivity index (χ2n) is 7.55. The molecule has 1 N–H and O–H groups in total. The molecule has 0 atom stereocenters. The molecular weight excluding hydrogens is 396 g/mol. The van der Waals surface area contributed by atoms with E-state index < -0.39 is 0 Å². The molecule has 164 valence electrons. The van der Waals surface area contributed by atoms with Gasteiger partial charge in [-0.25, -0.2) is 0 Å². The summed E-state index contributed by atoms with van der Waals surface area (Å²) in [4.78, 5) is 39.7. The van der Waals surface area contributed by atoms with Crippen LogP contribution >= 0.6 is 0 Å². The van der Waals surface area contributed by atoms with Crippen molar-refractivity contribution in [1.29, 1.82) is 0 Å². The first-order valence-corrected chi connectivity index (χ1v) is 10.6. The lowest BCUT2D eigenvalue weighted by Gasteiger charge is -2.32. The van der Waals surface area contributed by atoms with Crippen LogP contribution in [0.2, 0.25) is 0 Å². The normalized spacial score (nSPS) is 14.2. The highest BCUT2D eigenvalue weighted by atomic mass is 16.6. The first-order chi connectivity index (χ1) is 14.9. The fourth-order valence-corrected chi connectivity index (χ4v) is 3.90. The monoisotopic (exact) mass is 424 g/mol. The number of hydrogen-bond donors (Lipinski definition) is 1. The number of nitrogens with one attached hydrogen (secondary N) is 1. The van der Waals surface area contributed by atoms with Gasteiger partial charge < -0.3 is 15.1 Å². The molecule has 2 amide bonds. The maximum atomic E-state index is 12.7. The topological polar surface area (TPSA) is 95.8 Å². The van der Waals surface area contributed by atoms with Crippen molar-refractivity contribution in [2.45, 2.75) is 26.7 Å². The summed E-state index contributed by atoms with van der Waals surface area (Å²) in [6.45, 7) is 6.35. The molecule has 0 bridgehead atoms. The van der Waals surface area contributed by atoms with Gasteiger partial charge in [0.15, 0.2) is 0 Å². The fraction of sp³-hybridized carbons (Fsp3) is 0.391. The third kappa shape index (κ3) is 5.20. The van der Waals surface area contributed by atoms with E-state index >= 15 is 0 Å². The summed E-state index contributed by atoms with van der Waals surface area (Å²) in [5.74, 6) is -0.244. The molecule has 0 spiro atoms. The van der Waals surface area contributed by atoms with E-state index in [1.807, 2.05) is 18.7 Å². The largest absolute Gasteiger partial charge is 0.366 e. The quantitative estimate of drug-likeness (QED) is 0.537. The Labute approximate surface area is 182 Å². The molecule has 1 aliphatic heterocycles. The van der Waals surface area contributed by atoms with E-state index in [1.54, 1.807) is 47.4 Å². The molecule has 2 aromatic carbocycles. The predicted octanol–water partition coefficient (Wildman–Crippen LogP) is 3.93. The second kappa shape index (κ2) is 10.1. The van der Waals surface area contributed by atoms with Gasteiger partial charge in [-0.1, -0.05) is 12.1 Å². The van der Waals surface area contributed by atoms with Crippen molar-refractivity contribution in [1.82, 2.24) is 4.90 Å². The van der Waals surface area contributed by atoms with E-state index in [9.17, 15) is 19.7 Å². The van der Waals surface area contributed by atoms with Crippen LogP contribution in [-0.4, -0.2) is 47.8 Å². The van der Waals surface area contributed by atoms with Gasteiger partial charge in [0.25, 0.3) is 11.6 Å². The van der Waals surface area contributed by atoms with E-state index in [4.69, 9.17) is 0 Å². The third-order valence-electron chi connectivity index (χ3n) is 5.73. The van der Waals surface area contributed by atoms with E-state index in [0.29, 0.717) is 56.0 Å². The molecular formula is C23H28N4O4. The van der Waals surface area contributed by atoms with Crippen LogP contribution in [0.1, 0.15) is 37.0 Å². The number of benzene rings is 2. The van der Waals surface area contributed by atoms with Gasteiger partial charge in [0, 0.05) is 49.4 Å². The minimum Gasteiger partial charge on any atom is -0.366 e. The van der Waals surface area contributed by atoms with Crippen LogP contribution in [0, 0.1) is 16.0 Å². The summed E-state index contributed by atoms with van der Waals surface area (Å²) in [5.41, 5.74) is 1.94. The maximum absolute atomic E-state index is 12.7. The molecule has 0 unspecified atom stereocenters. The van der Waals surface area contributed by atoms with Crippen LogP contribution in [-0.2, 0) is 4.79 Å². The van der Waals surface area contributed by atoms with Crippen molar-refractivity contribution in [2.24, 2.45) is 5.92 Å². The average Bonchev–Trinajstić information content (AvgIpc) is 2.80. The molecule has 0 radical (unpaired) electrons. The molecule has 0 aromatic heterocycles. The Hall–Kier alpha value is -3.42. The Bertz CT molecular complexity index is 933. The van der Waals surface area contributed by atoms with E-state index in [2.05, 4.69) is 5.32 Å². The van der Waals surface area contributed by atoms with Crippen LogP contribution in [0.5, 0.6) is 0 Å². The summed E-state index contributed by atoms with van der Waals surface area (Å²) >= 11 is 0. The molecule has 0 saturated carbocycles. The Balaban J connectivity index is 1.57. The smallest absolute Gasteiger partial charge is 0.292 e. The molecule has 8 heteroatoms. The molecule has 1 fully saturated rings. The SMILES string of the molecule is CCN(CC)C(=O)c1ccc(NC(=O)C2CCN(c3ccccc3[N+](=O)[O-])CC2)cc1. The average molecular weight is 425 g/mol. The molecule has 0 aliphatic carbocycles. The first kappa shape index (κ1) is 22.3. The maximum Gasteiger partial charge on any atom is 0.292 e. The van der Waals surface area contributed by atoms with Crippen LogP contribution in [0.3, 0.4) is 0 Å². The number of nitro groups is 1. The lowest BCUT2D eigenvalue weighted by atomic mass is 9.95. The molecule has 2 aromatic rings. The van der Waals surface area contributed by atoms with Crippen molar-refractivity contribution in [2.75, 3.05) is 36.4 Å². The highest BCUT2D eigenvalue weighted by Gasteiger charge is 2.28. The highest BCUT2D eigenvalue weighted by Crippen LogP contribution is 2.31. The summed E-state index contributed by atoms with van der Waals surface area (Å²) in [6.07, 6.45) is 1.24. The fourth-order valence-electron chi connectivity index (χ4n) is 3.90. The minimum atomic E-state index is -0.372. The number of amides is 2. The summed E-state index contributed by atoms with van der Waals surface area (Å²) in [6, 6.07) is 13.6. The van der Waals surface area contributed by atoms with Gasteiger partial charge in [-0.05, 0) is 57.0 Å². The Kier molecular flexibility index (Phi) is 7.23. The van der Waals surface area contributed by atoms with Crippen molar-refractivity contribution in [3.05, 3.63) is 64.2 Å². The van der Waals surface area contributed by atoms with Gasteiger partial charge in [-0.3, -0.25) is 19.7 Å². The highest BCUT2D eigenvalue weighted by molar-refractivity contribution is 5.96. The van der Waals surface area contributed by atoms with Crippen molar-refractivity contribution < 1.29 is 14.5 Å². The molecule has 1 aliphatic rings. The molecule has 31 heavy (non-hydrogen) atoms. The van der Waals surface area contributed by atoms with E-state index in [-0.39, 0.29) is 28.3 Å². The zero-order valence-corrected chi connectivity index (χ0v) is 17.9. The van der Waals surface area contributed by atoms with Gasteiger partial charge in [0.1, 0.15) is 5.69 Å². The van der Waals surface area contributed by atoms with Gasteiger partial charge in [-0.2, -0.15) is 0 Å². The Morgan fingerprint density at radius 1 is 1.06 bits per heavy atom. The summed E-state index contributed by atoms with van der Waals surface area (Å²) < 4.78 is 0. The van der Waals surface area contributed by atoms with E-state index in [0.717, 1.165) is 0 Å². The van der Waals surface area contributed by atoms with Crippen molar-refractivity contribution in [3.63, 3.8) is 0 Å². The lowest BCUT2D eigenvalue weighted by molar-refractivity contribution is -0.384. The number of hydrogen-bond acceptors (Lipinski definition) is 5. The van der Waals surface area contributed by atoms with Crippen LogP contribution in [0.25, 0.3) is 0 Å². The third-order valence-corrected chi connectivity index (χ3v) is 5.73. The standard InChI is InChI=1S/C23H28N4O4/c1-3-25(4-2)23(29)18-9-11-19(12-10-18)24-22(28)17-13-15-26(16-14-17)20-7-5-6-8-21(20)27(30)31/h5-12,17H,3-4,13-16H2,1-2H3,(H,24,28). The number of anilines is 2. The van der Waals surface area contributed by atoms with Crippen molar-refractivity contribution in [3.8, 4) is 0 Å². The number of nitrogens with zero attached hydrogens (tertiary/aromatic N) is 3. The number of rotatable bonds is 7. The molecule has 1 heterocycles. The Morgan fingerprint density at radius 3 is 2.26 bits per heavy atom. The van der Waals surface area contributed by atoms with Crippen LogP contribution < -0.4 is 10.2 Å². The van der Waals surface area contributed by atoms with Crippen molar-refractivity contribution >= 4 is 28.9 Å². The molecule has 8 nitrogen and oxygen atoms in total.